The number of carbonyl (C=O) groups is 1. The quantitative estimate of drug-likeness (QED) is 0.198. The van der Waals surface area contributed by atoms with E-state index < -0.39 is 5.91 Å². The van der Waals surface area contributed by atoms with Crippen molar-refractivity contribution in [1.29, 1.82) is 5.26 Å². The van der Waals surface area contributed by atoms with Gasteiger partial charge in [-0.3, -0.25) is 4.79 Å². The largest absolute Gasteiger partial charge is 0.467 e. The molecule has 0 aliphatic rings. The number of nitrogens with zero attached hydrogens (tertiary/aromatic N) is 3. The molecule has 0 aliphatic carbocycles. The monoisotopic (exact) mass is 530 g/mol. The Hall–Kier alpha value is -3.80. The summed E-state index contributed by atoms with van der Waals surface area (Å²) in [5.41, 5.74) is 6.10. The van der Waals surface area contributed by atoms with Crippen molar-refractivity contribution in [2.75, 3.05) is 13.7 Å². The molecule has 0 bridgehead atoms. The molecule has 0 radical (unpaired) electrons. The standard InChI is InChI=1S/C27H23BrN4O3/c1-16-18-8-4-6-10-20(18)23(21-11-7-5-9-19(16)21)13-30-32-25(33)15-35-27-22(12-29)24(14-34-3)26(28)17(2)31-27/h4-11,13H,14-15H2,1-3H3,(H,32,33)/b30-13+. The zero-order valence-corrected chi connectivity index (χ0v) is 21.1. The highest BCUT2D eigenvalue weighted by Crippen LogP contribution is 2.32. The van der Waals surface area contributed by atoms with Crippen molar-refractivity contribution in [3.05, 3.63) is 81.0 Å². The molecular weight excluding hydrogens is 508 g/mol. The van der Waals surface area contributed by atoms with Crippen LogP contribution in [0.1, 0.15) is 27.9 Å². The van der Waals surface area contributed by atoms with Crippen LogP contribution in [0.25, 0.3) is 21.5 Å². The number of methoxy groups -OCH3 is 1. The molecule has 176 valence electrons. The molecule has 1 amide bonds. The van der Waals surface area contributed by atoms with Gasteiger partial charge in [-0.2, -0.15) is 10.4 Å². The number of aromatic nitrogens is 1. The molecule has 1 aromatic heterocycles. The molecule has 7 nitrogen and oxygen atoms in total. The van der Waals surface area contributed by atoms with Crippen LogP contribution in [0.2, 0.25) is 0 Å². The Morgan fingerprint density at radius 3 is 2.29 bits per heavy atom. The highest BCUT2D eigenvalue weighted by atomic mass is 79.9. The minimum atomic E-state index is -0.471. The second-order valence-corrected chi connectivity index (χ2v) is 8.72. The van der Waals surface area contributed by atoms with Crippen LogP contribution in [-0.2, 0) is 16.1 Å². The van der Waals surface area contributed by atoms with Gasteiger partial charge in [0.05, 0.1) is 18.5 Å². The molecule has 0 spiro atoms. The molecule has 35 heavy (non-hydrogen) atoms. The van der Waals surface area contributed by atoms with E-state index in [1.165, 1.54) is 12.7 Å². The molecule has 0 saturated carbocycles. The summed E-state index contributed by atoms with van der Waals surface area (Å²) >= 11 is 3.43. The van der Waals surface area contributed by atoms with Gasteiger partial charge in [0.15, 0.2) is 6.61 Å². The Bertz CT molecular complexity index is 1450. The van der Waals surface area contributed by atoms with Gasteiger partial charge in [-0.25, -0.2) is 10.4 Å². The molecule has 0 unspecified atom stereocenters. The third kappa shape index (κ3) is 4.87. The van der Waals surface area contributed by atoms with Gasteiger partial charge in [-0.1, -0.05) is 48.5 Å². The Balaban J connectivity index is 1.55. The number of rotatable bonds is 7. The number of nitriles is 1. The van der Waals surface area contributed by atoms with Crippen LogP contribution in [0.15, 0.2) is 58.1 Å². The van der Waals surface area contributed by atoms with Gasteiger partial charge in [0.1, 0.15) is 11.6 Å². The SMILES string of the molecule is COCc1c(Br)c(C)nc(OCC(=O)N/N=C/c2c3ccccc3c(C)c3ccccc23)c1C#N. The number of carbonyl (C=O) groups excluding carboxylic acids is 1. The molecule has 1 N–H and O–H groups in total. The fraction of sp³-hybridized carbons (Fsp3) is 0.185. The molecule has 0 saturated heterocycles. The van der Waals surface area contributed by atoms with E-state index in [0.717, 1.165) is 27.1 Å². The molecule has 0 atom stereocenters. The average molecular weight is 531 g/mol. The van der Waals surface area contributed by atoms with Gasteiger partial charge in [0, 0.05) is 22.7 Å². The molecule has 0 fully saturated rings. The van der Waals surface area contributed by atoms with Crippen LogP contribution in [0.3, 0.4) is 0 Å². The lowest BCUT2D eigenvalue weighted by atomic mass is 9.93. The fourth-order valence-electron chi connectivity index (χ4n) is 4.07. The lowest BCUT2D eigenvalue weighted by Crippen LogP contribution is -2.25. The zero-order chi connectivity index (χ0) is 24.9. The zero-order valence-electron chi connectivity index (χ0n) is 19.6. The second-order valence-electron chi connectivity index (χ2n) is 7.93. The maximum absolute atomic E-state index is 12.5. The van der Waals surface area contributed by atoms with Crippen molar-refractivity contribution >= 4 is 49.6 Å². The summed E-state index contributed by atoms with van der Waals surface area (Å²) in [4.78, 5) is 16.8. The van der Waals surface area contributed by atoms with Crippen molar-refractivity contribution in [2.45, 2.75) is 20.5 Å². The predicted octanol–water partition coefficient (Wildman–Crippen LogP) is 5.31. The second kappa shape index (κ2) is 10.6. The molecular formula is C27H23BrN4O3. The number of amides is 1. The van der Waals surface area contributed by atoms with Crippen LogP contribution in [0, 0.1) is 25.2 Å². The summed E-state index contributed by atoms with van der Waals surface area (Å²) in [6, 6.07) is 18.3. The number of halogens is 1. The van der Waals surface area contributed by atoms with E-state index >= 15 is 0 Å². The van der Waals surface area contributed by atoms with Gasteiger partial charge >= 0.3 is 0 Å². The lowest BCUT2D eigenvalue weighted by Gasteiger charge is -2.13. The average Bonchev–Trinajstić information content (AvgIpc) is 2.87. The van der Waals surface area contributed by atoms with Gasteiger partial charge in [0.25, 0.3) is 5.91 Å². The van der Waals surface area contributed by atoms with Crippen LogP contribution in [0.5, 0.6) is 5.88 Å². The van der Waals surface area contributed by atoms with Crippen molar-refractivity contribution < 1.29 is 14.3 Å². The smallest absolute Gasteiger partial charge is 0.278 e. The maximum atomic E-state index is 12.5. The van der Waals surface area contributed by atoms with Crippen molar-refractivity contribution in [3.8, 4) is 11.9 Å². The first kappa shape index (κ1) is 24.3. The number of aryl methyl sites for hydroxylation is 2. The summed E-state index contributed by atoms with van der Waals surface area (Å²) in [5, 5.41) is 18.2. The lowest BCUT2D eigenvalue weighted by molar-refractivity contribution is -0.123. The fourth-order valence-corrected chi connectivity index (χ4v) is 4.47. The number of hydrazone groups is 1. The summed E-state index contributed by atoms with van der Waals surface area (Å²) in [7, 11) is 1.54. The van der Waals surface area contributed by atoms with E-state index in [9.17, 15) is 10.1 Å². The number of pyridine rings is 1. The minimum Gasteiger partial charge on any atom is -0.467 e. The first-order valence-electron chi connectivity index (χ1n) is 10.9. The van der Waals surface area contributed by atoms with E-state index in [1.807, 2.05) is 36.4 Å². The minimum absolute atomic E-state index is 0.0786. The molecule has 1 heterocycles. The van der Waals surface area contributed by atoms with Crippen molar-refractivity contribution in [2.24, 2.45) is 5.10 Å². The van der Waals surface area contributed by atoms with Crippen LogP contribution >= 0.6 is 15.9 Å². The maximum Gasteiger partial charge on any atom is 0.278 e. The topological polar surface area (TPSA) is 96.6 Å². The number of nitrogens with one attached hydrogen (secondary N) is 1. The number of benzene rings is 3. The van der Waals surface area contributed by atoms with Crippen LogP contribution in [-0.4, -0.2) is 30.8 Å². The van der Waals surface area contributed by atoms with E-state index in [-0.39, 0.29) is 24.7 Å². The van der Waals surface area contributed by atoms with Crippen LogP contribution in [0.4, 0.5) is 0 Å². The Labute approximate surface area is 211 Å². The Morgan fingerprint density at radius 2 is 1.71 bits per heavy atom. The predicted molar refractivity (Wildman–Crippen MR) is 140 cm³/mol. The summed E-state index contributed by atoms with van der Waals surface area (Å²) in [6.45, 7) is 3.74. The number of hydrogen-bond donors (Lipinski definition) is 1. The van der Waals surface area contributed by atoms with Crippen molar-refractivity contribution in [3.63, 3.8) is 0 Å². The van der Waals surface area contributed by atoms with E-state index in [4.69, 9.17) is 9.47 Å². The molecule has 3 aromatic carbocycles. The first-order chi connectivity index (χ1) is 17.0. The summed E-state index contributed by atoms with van der Waals surface area (Å²) < 4.78 is 11.4. The molecule has 0 aliphatic heterocycles. The number of fused-ring (bicyclic) bond motifs is 2. The van der Waals surface area contributed by atoms with Crippen molar-refractivity contribution in [1.82, 2.24) is 10.4 Å². The summed E-state index contributed by atoms with van der Waals surface area (Å²) in [5.74, 6) is -0.392. The van der Waals surface area contributed by atoms with Gasteiger partial charge in [-0.05, 0) is 56.9 Å². The Morgan fingerprint density at radius 1 is 1.11 bits per heavy atom. The highest BCUT2D eigenvalue weighted by molar-refractivity contribution is 9.10. The highest BCUT2D eigenvalue weighted by Gasteiger charge is 2.18. The molecule has 4 rings (SSSR count). The van der Waals surface area contributed by atoms with Crippen LogP contribution < -0.4 is 10.2 Å². The van der Waals surface area contributed by atoms with Gasteiger partial charge in [-0.15, -0.1) is 0 Å². The van der Waals surface area contributed by atoms with E-state index in [2.05, 4.69) is 56.6 Å². The normalized spacial score (nSPS) is 11.2. The summed E-state index contributed by atoms with van der Waals surface area (Å²) in [6.07, 6.45) is 1.65. The molecule has 8 heteroatoms. The van der Waals surface area contributed by atoms with E-state index in [0.29, 0.717) is 15.7 Å². The Kier molecular flexibility index (Phi) is 7.39. The number of hydrogen-bond acceptors (Lipinski definition) is 6. The van der Waals surface area contributed by atoms with E-state index in [1.54, 1.807) is 13.1 Å². The third-order valence-corrected chi connectivity index (χ3v) is 6.79. The number of ether oxygens (including phenoxy) is 2. The molecule has 4 aromatic rings. The third-order valence-electron chi connectivity index (χ3n) is 5.73. The first-order valence-corrected chi connectivity index (χ1v) is 11.7. The van der Waals surface area contributed by atoms with Gasteiger partial charge < -0.3 is 9.47 Å². The van der Waals surface area contributed by atoms with Gasteiger partial charge in [0.2, 0.25) is 5.88 Å².